The Bertz CT molecular complexity index is 239. The summed E-state index contributed by atoms with van der Waals surface area (Å²) in [6, 6.07) is 0. The van der Waals surface area contributed by atoms with Gasteiger partial charge in [-0.15, -0.1) is 0 Å². The normalized spacial score (nSPS) is 14.3. The van der Waals surface area contributed by atoms with Crippen LogP contribution in [-0.4, -0.2) is 5.97 Å². The molecule has 0 saturated carbocycles. The van der Waals surface area contributed by atoms with Gasteiger partial charge < -0.3 is 4.74 Å². The van der Waals surface area contributed by atoms with E-state index in [1.165, 1.54) is 12.7 Å². The monoisotopic (exact) mass is 210 g/mol. The molecule has 86 valence electrons. The molecule has 0 aliphatic carbocycles. The maximum absolute atomic E-state index is 10.9. The summed E-state index contributed by atoms with van der Waals surface area (Å²) in [7, 11) is 0. The van der Waals surface area contributed by atoms with Crippen LogP contribution in [0.5, 0.6) is 0 Å². The Morgan fingerprint density at radius 1 is 1.40 bits per heavy atom. The van der Waals surface area contributed by atoms with E-state index in [1.54, 1.807) is 6.92 Å². The minimum absolute atomic E-state index is 0.190. The molecular formula is C13H22O2. The zero-order valence-electron chi connectivity index (χ0n) is 10.2. The molecule has 0 radical (unpaired) electrons. The Balaban J connectivity index is 3.90. The molecule has 0 spiro atoms. The zero-order valence-corrected chi connectivity index (χ0v) is 10.2. The molecule has 1 atom stereocenters. The van der Waals surface area contributed by atoms with Crippen molar-refractivity contribution in [3.8, 4) is 0 Å². The van der Waals surface area contributed by atoms with Crippen molar-refractivity contribution in [1.82, 2.24) is 0 Å². The Labute approximate surface area is 93.0 Å². The Hall–Kier alpha value is -1.05. The molecule has 0 aromatic rings. The lowest BCUT2D eigenvalue weighted by molar-refractivity contribution is -0.137. The first-order chi connectivity index (χ1) is 7.10. The molecule has 0 aromatic heterocycles. The summed E-state index contributed by atoms with van der Waals surface area (Å²) < 4.78 is 4.88. The lowest BCUT2D eigenvalue weighted by atomic mass is 10.0. The molecule has 0 saturated heterocycles. The molecule has 2 heteroatoms. The summed E-state index contributed by atoms with van der Waals surface area (Å²) in [6.45, 7) is 8.12. The van der Waals surface area contributed by atoms with Crippen molar-refractivity contribution in [3.63, 3.8) is 0 Å². The third kappa shape index (κ3) is 7.98. The second kappa shape index (κ2) is 8.27. The maximum Gasteiger partial charge on any atom is 0.310 e. The van der Waals surface area contributed by atoms with Crippen molar-refractivity contribution in [3.05, 3.63) is 24.0 Å². The molecule has 0 fully saturated rings. The number of hydrogen-bond acceptors (Lipinski definition) is 2. The highest BCUT2D eigenvalue weighted by molar-refractivity contribution is 5.69. The second-order valence-electron chi connectivity index (χ2n) is 3.86. The molecule has 0 aromatic carbocycles. The molecule has 2 nitrogen and oxygen atoms in total. The number of esters is 1. The number of allylic oxidation sites excluding steroid dienone is 3. The molecule has 0 amide bonds. The molecule has 0 N–H and O–H groups in total. The van der Waals surface area contributed by atoms with Gasteiger partial charge in [-0.2, -0.15) is 0 Å². The van der Waals surface area contributed by atoms with Crippen LogP contribution in [0.15, 0.2) is 24.0 Å². The lowest BCUT2D eigenvalue weighted by Crippen LogP contribution is -1.96. The minimum Gasteiger partial charge on any atom is -0.434 e. The molecule has 0 bridgehead atoms. The van der Waals surface area contributed by atoms with Gasteiger partial charge in [0.05, 0.1) is 6.26 Å². The molecule has 0 rings (SSSR count). The van der Waals surface area contributed by atoms with E-state index in [0.29, 0.717) is 12.3 Å². The van der Waals surface area contributed by atoms with Gasteiger partial charge in [-0.1, -0.05) is 39.3 Å². The molecule has 1 unspecified atom stereocenters. The highest BCUT2D eigenvalue weighted by Gasteiger charge is 1.95. The van der Waals surface area contributed by atoms with Crippen LogP contribution in [0, 0.1) is 5.92 Å². The average Bonchev–Trinajstić information content (AvgIpc) is 2.25. The van der Waals surface area contributed by atoms with E-state index in [1.807, 2.05) is 13.0 Å². The number of rotatable bonds is 6. The van der Waals surface area contributed by atoms with E-state index >= 15 is 0 Å². The van der Waals surface area contributed by atoms with E-state index in [0.717, 1.165) is 12.0 Å². The summed E-state index contributed by atoms with van der Waals surface area (Å²) in [5.41, 5.74) is 0.972. The third-order valence-corrected chi connectivity index (χ3v) is 2.28. The molecular weight excluding hydrogens is 188 g/mol. The predicted molar refractivity (Wildman–Crippen MR) is 63.4 cm³/mol. The number of hydrogen-bond donors (Lipinski definition) is 0. The van der Waals surface area contributed by atoms with Gasteiger partial charge in [0.1, 0.15) is 0 Å². The Morgan fingerprint density at radius 3 is 2.60 bits per heavy atom. The smallest absolute Gasteiger partial charge is 0.310 e. The summed E-state index contributed by atoms with van der Waals surface area (Å²) >= 11 is 0. The van der Waals surface area contributed by atoms with Gasteiger partial charge in [0.15, 0.2) is 0 Å². The van der Waals surface area contributed by atoms with Crippen LogP contribution in [0.2, 0.25) is 0 Å². The van der Waals surface area contributed by atoms with Gasteiger partial charge >= 0.3 is 5.97 Å². The van der Waals surface area contributed by atoms with Crippen LogP contribution in [0.1, 0.15) is 47.0 Å². The quantitative estimate of drug-likeness (QED) is 0.378. The van der Waals surface area contributed by atoms with Crippen molar-refractivity contribution < 1.29 is 9.53 Å². The Morgan fingerprint density at radius 2 is 2.07 bits per heavy atom. The fourth-order valence-corrected chi connectivity index (χ4v) is 0.934. The Kier molecular flexibility index (Phi) is 7.69. The zero-order chi connectivity index (χ0) is 11.7. The van der Waals surface area contributed by atoms with Crippen LogP contribution >= 0.6 is 0 Å². The first-order valence-corrected chi connectivity index (χ1v) is 5.62. The molecule has 0 aliphatic rings. The third-order valence-electron chi connectivity index (χ3n) is 2.28. The number of carbonyl (C=O) groups excluding carboxylic acids is 1. The standard InChI is InChI=1S/C13H22O2/c1-5-11(3)8-7-9-12(4)10-15-13(14)6-2/h7,9-11H,5-6,8H2,1-4H3/b9-7+,12-10+. The number of carbonyl (C=O) groups is 1. The summed E-state index contributed by atoms with van der Waals surface area (Å²) in [5.74, 6) is 0.525. The average molecular weight is 210 g/mol. The van der Waals surface area contributed by atoms with Gasteiger partial charge in [0.25, 0.3) is 0 Å². The van der Waals surface area contributed by atoms with Crippen LogP contribution in [0.4, 0.5) is 0 Å². The molecule has 15 heavy (non-hydrogen) atoms. The fourth-order valence-electron chi connectivity index (χ4n) is 0.934. The van der Waals surface area contributed by atoms with Crippen molar-refractivity contribution in [1.29, 1.82) is 0 Å². The number of ether oxygens (including phenoxy) is 1. The first kappa shape index (κ1) is 13.9. The highest BCUT2D eigenvalue weighted by Crippen LogP contribution is 2.08. The van der Waals surface area contributed by atoms with Gasteiger partial charge in [-0.05, 0) is 24.8 Å². The van der Waals surface area contributed by atoms with Crippen molar-refractivity contribution in [2.45, 2.75) is 47.0 Å². The minimum atomic E-state index is -0.190. The van der Waals surface area contributed by atoms with Gasteiger partial charge in [0, 0.05) is 6.42 Å². The van der Waals surface area contributed by atoms with E-state index in [9.17, 15) is 4.79 Å². The second-order valence-corrected chi connectivity index (χ2v) is 3.86. The van der Waals surface area contributed by atoms with E-state index in [-0.39, 0.29) is 5.97 Å². The fraction of sp³-hybridized carbons (Fsp3) is 0.615. The van der Waals surface area contributed by atoms with Crippen molar-refractivity contribution >= 4 is 5.97 Å². The maximum atomic E-state index is 10.9. The van der Waals surface area contributed by atoms with Crippen molar-refractivity contribution in [2.75, 3.05) is 0 Å². The highest BCUT2D eigenvalue weighted by atomic mass is 16.5. The SMILES string of the molecule is CCC(=O)O/C=C(C)/C=C/CC(C)CC. The molecule has 0 heterocycles. The van der Waals surface area contributed by atoms with Gasteiger partial charge in [0.2, 0.25) is 0 Å². The summed E-state index contributed by atoms with van der Waals surface area (Å²) in [6.07, 6.45) is 8.31. The lowest BCUT2D eigenvalue weighted by Gasteiger charge is -2.02. The summed E-state index contributed by atoms with van der Waals surface area (Å²) in [5, 5.41) is 0. The van der Waals surface area contributed by atoms with Crippen LogP contribution in [0.3, 0.4) is 0 Å². The van der Waals surface area contributed by atoms with E-state index in [4.69, 9.17) is 4.74 Å². The largest absolute Gasteiger partial charge is 0.434 e. The topological polar surface area (TPSA) is 26.3 Å². The van der Waals surface area contributed by atoms with E-state index < -0.39 is 0 Å². The van der Waals surface area contributed by atoms with E-state index in [2.05, 4.69) is 19.9 Å². The molecule has 0 aliphatic heterocycles. The summed E-state index contributed by atoms with van der Waals surface area (Å²) in [4.78, 5) is 10.9. The van der Waals surface area contributed by atoms with Crippen LogP contribution < -0.4 is 0 Å². The van der Waals surface area contributed by atoms with Gasteiger partial charge in [-0.25, -0.2) is 0 Å². The van der Waals surface area contributed by atoms with Crippen LogP contribution in [-0.2, 0) is 9.53 Å². The van der Waals surface area contributed by atoms with Gasteiger partial charge in [-0.3, -0.25) is 4.79 Å². The predicted octanol–water partition coefficient (Wildman–Crippen LogP) is 3.84. The first-order valence-electron chi connectivity index (χ1n) is 5.62. The van der Waals surface area contributed by atoms with Crippen molar-refractivity contribution in [2.24, 2.45) is 5.92 Å². The van der Waals surface area contributed by atoms with Crippen LogP contribution in [0.25, 0.3) is 0 Å².